The highest BCUT2D eigenvalue weighted by Gasteiger charge is 2.28. The van der Waals surface area contributed by atoms with Crippen LogP contribution in [-0.4, -0.2) is 41.0 Å². The summed E-state index contributed by atoms with van der Waals surface area (Å²) in [5, 5.41) is 9.13. The first-order valence-corrected chi connectivity index (χ1v) is 11.2. The van der Waals surface area contributed by atoms with E-state index in [1.165, 1.54) is 17.7 Å². The Kier molecular flexibility index (Phi) is 5.80. The van der Waals surface area contributed by atoms with Gasteiger partial charge in [-0.1, -0.05) is 24.9 Å². The number of nitrogens with one attached hydrogen (secondary N) is 1. The molecule has 1 saturated heterocycles. The van der Waals surface area contributed by atoms with Crippen molar-refractivity contribution < 1.29 is 14.1 Å². The van der Waals surface area contributed by atoms with Crippen LogP contribution >= 0.6 is 11.3 Å². The molecule has 1 aliphatic heterocycles. The van der Waals surface area contributed by atoms with Crippen molar-refractivity contribution in [3.05, 3.63) is 39.4 Å². The minimum atomic E-state index is -0.164. The van der Waals surface area contributed by atoms with Crippen LogP contribution in [0.4, 0.5) is 0 Å². The largest absolute Gasteiger partial charge is 0.351 e. The Morgan fingerprint density at radius 2 is 1.96 bits per heavy atom. The van der Waals surface area contributed by atoms with Gasteiger partial charge < -0.3 is 14.7 Å². The first-order chi connectivity index (χ1) is 13.6. The van der Waals surface area contributed by atoms with Crippen molar-refractivity contribution in [3.63, 3.8) is 0 Å². The number of nitrogens with zero attached hydrogens (tertiary/aromatic N) is 2. The normalized spacial score (nSPS) is 18.5. The van der Waals surface area contributed by atoms with Crippen molar-refractivity contribution in [2.24, 2.45) is 0 Å². The van der Waals surface area contributed by atoms with Crippen molar-refractivity contribution >= 4 is 23.2 Å². The van der Waals surface area contributed by atoms with Crippen LogP contribution in [-0.2, 0) is 6.42 Å². The summed E-state index contributed by atoms with van der Waals surface area (Å²) in [6.45, 7) is 3.51. The van der Waals surface area contributed by atoms with Gasteiger partial charge in [0.15, 0.2) is 0 Å². The highest BCUT2D eigenvalue weighted by Crippen LogP contribution is 2.29. The molecule has 2 aromatic heterocycles. The van der Waals surface area contributed by atoms with Crippen molar-refractivity contribution in [1.82, 2.24) is 15.4 Å². The third kappa shape index (κ3) is 4.14. The molecule has 150 valence electrons. The summed E-state index contributed by atoms with van der Waals surface area (Å²) in [7, 11) is 0. The smallest absolute Gasteiger partial charge is 0.290 e. The molecule has 3 heterocycles. The van der Waals surface area contributed by atoms with Gasteiger partial charge in [0.2, 0.25) is 5.76 Å². The van der Waals surface area contributed by atoms with E-state index in [1.54, 1.807) is 17.4 Å². The van der Waals surface area contributed by atoms with Gasteiger partial charge in [-0.2, -0.15) is 0 Å². The molecule has 0 spiro atoms. The number of likely N-dealkylation sites (tertiary alicyclic amines) is 1. The van der Waals surface area contributed by atoms with E-state index >= 15 is 0 Å². The van der Waals surface area contributed by atoms with Crippen LogP contribution in [0.1, 0.15) is 82.9 Å². The Hall–Kier alpha value is -2.15. The lowest BCUT2D eigenvalue weighted by molar-refractivity contribution is 0.0711. The second kappa shape index (κ2) is 8.47. The molecule has 2 amide bonds. The summed E-state index contributed by atoms with van der Waals surface area (Å²) in [5.41, 5.74) is 1.63. The Morgan fingerprint density at radius 1 is 1.21 bits per heavy atom. The number of amides is 2. The lowest BCUT2D eigenvalue weighted by Gasteiger charge is -2.30. The van der Waals surface area contributed by atoms with E-state index in [2.05, 4.69) is 17.4 Å². The predicted molar refractivity (Wildman–Crippen MR) is 108 cm³/mol. The van der Waals surface area contributed by atoms with Crippen LogP contribution in [0.25, 0.3) is 0 Å². The first kappa shape index (κ1) is 19.2. The standard InChI is InChI=1S/C21H27N3O3S/c1-2-17-11-15(13-28-17)21(26)24-9-7-14(8-10-24)18-12-19(27-23-18)20(25)22-16-5-3-4-6-16/h11-14,16H,2-10H2,1H3,(H,22,25). The van der Waals surface area contributed by atoms with Gasteiger partial charge in [0.25, 0.3) is 11.8 Å². The maximum atomic E-state index is 12.7. The lowest BCUT2D eigenvalue weighted by atomic mass is 9.93. The van der Waals surface area contributed by atoms with E-state index in [-0.39, 0.29) is 23.8 Å². The molecule has 1 N–H and O–H groups in total. The number of hydrogen-bond donors (Lipinski definition) is 1. The molecule has 2 aliphatic rings. The summed E-state index contributed by atoms with van der Waals surface area (Å²) < 4.78 is 5.31. The molecule has 2 aromatic rings. The molecular formula is C21H27N3O3S. The van der Waals surface area contributed by atoms with E-state index < -0.39 is 0 Å². The van der Waals surface area contributed by atoms with Gasteiger partial charge in [-0.05, 0) is 38.2 Å². The topological polar surface area (TPSA) is 75.4 Å². The van der Waals surface area contributed by atoms with Gasteiger partial charge >= 0.3 is 0 Å². The maximum Gasteiger partial charge on any atom is 0.290 e. The number of hydrogen-bond acceptors (Lipinski definition) is 5. The van der Waals surface area contributed by atoms with Gasteiger partial charge in [0.1, 0.15) is 0 Å². The van der Waals surface area contributed by atoms with Crippen LogP contribution in [0.5, 0.6) is 0 Å². The van der Waals surface area contributed by atoms with E-state index in [4.69, 9.17) is 4.52 Å². The zero-order valence-corrected chi connectivity index (χ0v) is 17.1. The average Bonchev–Trinajstić information content (AvgIpc) is 3.48. The van der Waals surface area contributed by atoms with Crippen LogP contribution in [0.2, 0.25) is 0 Å². The molecule has 1 saturated carbocycles. The SMILES string of the molecule is CCc1cc(C(=O)N2CCC(c3cc(C(=O)NC4CCCC4)on3)CC2)cs1. The fraction of sp³-hybridized carbons (Fsp3) is 0.571. The first-order valence-electron chi connectivity index (χ1n) is 10.3. The van der Waals surface area contributed by atoms with Gasteiger partial charge in [0, 0.05) is 41.4 Å². The Balaban J connectivity index is 1.32. The Bertz CT molecular complexity index is 830. The van der Waals surface area contributed by atoms with Crippen molar-refractivity contribution in [2.75, 3.05) is 13.1 Å². The average molecular weight is 402 g/mol. The number of rotatable bonds is 5. The highest BCUT2D eigenvalue weighted by atomic mass is 32.1. The van der Waals surface area contributed by atoms with Gasteiger partial charge in [-0.25, -0.2) is 0 Å². The predicted octanol–water partition coefficient (Wildman–Crippen LogP) is 3.99. The quantitative estimate of drug-likeness (QED) is 0.822. The number of carbonyl (C=O) groups excluding carboxylic acids is 2. The van der Waals surface area contributed by atoms with E-state index in [9.17, 15) is 9.59 Å². The molecule has 7 heteroatoms. The summed E-state index contributed by atoms with van der Waals surface area (Å²) >= 11 is 1.65. The minimum Gasteiger partial charge on any atom is -0.351 e. The summed E-state index contributed by atoms with van der Waals surface area (Å²) in [5.74, 6) is 0.480. The number of carbonyl (C=O) groups is 2. The monoisotopic (exact) mass is 401 g/mol. The molecule has 0 atom stereocenters. The molecular weight excluding hydrogens is 374 g/mol. The molecule has 28 heavy (non-hydrogen) atoms. The lowest BCUT2D eigenvalue weighted by Crippen LogP contribution is -2.37. The summed E-state index contributed by atoms with van der Waals surface area (Å²) in [4.78, 5) is 28.2. The zero-order chi connectivity index (χ0) is 19.5. The second-order valence-electron chi connectivity index (χ2n) is 7.79. The van der Waals surface area contributed by atoms with Crippen molar-refractivity contribution in [3.8, 4) is 0 Å². The van der Waals surface area contributed by atoms with Crippen molar-refractivity contribution in [2.45, 2.75) is 63.8 Å². The number of thiophene rings is 1. The summed E-state index contributed by atoms with van der Waals surface area (Å²) in [6.07, 6.45) is 7.08. The van der Waals surface area contributed by atoms with Crippen molar-refractivity contribution in [1.29, 1.82) is 0 Å². The maximum absolute atomic E-state index is 12.7. The van der Waals surface area contributed by atoms with E-state index in [0.717, 1.165) is 43.4 Å². The molecule has 4 rings (SSSR count). The van der Waals surface area contributed by atoms with E-state index in [1.807, 2.05) is 16.3 Å². The van der Waals surface area contributed by atoms with Crippen LogP contribution in [0, 0.1) is 0 Å². The number of piperidine rings is 1. The van der Waals surface area contributed by atoms with Gasteiger partial charge in [0.05, 0.1) is 11.3 Å². The second-order valence-corrected chi connectivity index (χ2v) is 8.79. The van der Waals surface area contributed by atoms with Crippen LogP contribution in [0.3, 0.4) is 0 Å². The fourth-order valence-electron chi connectivity index (χ4n) is 4.15. The Morgan fingerprint density at radius 3 is 2.64 bits per heavy atom. The third-order valence-corrected chi connectivity index (χ3v) is 6.97. The molecule has 2 fully saturated rings. The molecule has 0 bridgehead atoms. The molecule has 6 nitrogen and oxygen atoms in total. The molecule has 0 radical (unpaired) electrons. The highest BCUT2D eigenvalue weighted by molar-refractivity contribution is 7.10. The van der Waals surface area contributed by atoms with Crippen LogP contribution < -0.4 is 5.32 Å². The van der Waals surface area contributed by atoms with E-state index in [0.29, 0.717) is 18.8 Å². The summed E-state index contributed by atoms with van der Waals surface area (Å²) in [6, 6.07) is 4.05. The van der Waals surface area contributed by atoms with Crippen LogP contribution in [0.15, 0.2) is 22.0 Å². The number of aromatic nitrogens is 1. The zero-order valence-electron chi connectivity index (χ0n) is 16.3. The minimum absolute atomic E-state index is 0.117. The Labute approximate surface area is 169 Å². The molecule has 1 aliphatic carbocycles. The molecule has 0 unspecified atom stereocenters. The molecule has 0 aromatic carbocycles. The third-order valence-electron chi connectivity index (χ3n) is 5.89. The number of aryl methyl sites for hydroxylation is 1. The van der Waals surface area contributed by atoms with Gasteiger partial charge in [-0.15, -0.1) is 11.3 Å². The van der Waals surface area contributed by atoms with Gasteiger partial charge in [-0.3, -0.25) is 9.59 Å². The fourth-order valence-corrected chi connectivity index (χ4v) is 4.96.